The first kappa shape index (κ1) is 91.8. The van der Waals surface area contributed by atoms with Gasteiger partial charge < -0.3 is 20.1 Å². The van der Waals surface area contributed by atoms with Crippen molar-refractivity contribution in [1.29, 1.82) is 0 Å². The summed E-state index contributed by atoms with van der Waals surface area (Å²) in [5.41, 5.74) is 5.41. The zero-order valence-corrected chi connectivity index (χ0v) is 62.6. The average molecular weight is 1360 g/mol. The van der Waals surface area contributed by atoms with Crippen LogP contribution < -0.4 is 5.73 Å². The number of allylic oxidation sites excluding steroid dienone is 32. The molecule has 3 N–H and O–H groups in total. The van der Waals surface area contributed by atoms with Gasteiger partial charge in [-0.15, -0.1) is 0 Å². The predicted octanol–water partition coefficient (Wildman–Crippen LogP) is 26.4. The number of ether oxygens (including phenoxy) is 2. The second kappa shape index (κ2) is 79.8. The Hall–Kier alpha value is -5.15. The molecule has 0 aliphatic rings. The molecule has 0 amide bonds. The number of hydrogen-bond acceptors (Lipinski definition) is 8. The smallest absolute Gasteiger partial charge is 0.462 e. The molecule has 97 heavy (non-hydrogen) atoms. The van der Waals surface area contributed by atoms with Crippen molar-refractivity contribution in [1.82, 2.24) is 0 Å². The Morgan fingerprint density at radius 1 is 0.309 bits per heavy atom. The number of phosphoric ester groups is 1. The van der Waals surface area contributed by atoms with E-state index in [-0.39, 0.29) is 38.6 Å². The first-order valence-corrected chi connectivity index (χ1v) is 40.4. The fourth-order valence-corrected chi connectivity index (χ4v) is 11.1. The molecule has 10 heteroatoms. The normalized spacial score (nSPS) is 14.0. The van der Waals surface area contributed by atoms with Crippen molar-refractivity contribution in [2.75, 3.05) is 26.4 Å². The zero-order valence-electron chi connectivity index (χ0n) is 61.7. The first-order chi connectivity index (χ1) is 47.8. The second-order valence-corrected chi connectivity index (χ2v) is 26.6. The van der Waals surface area contributed by atoms with Crippen LogP contribution in [0.25, 0.3) is 0 Å². The molecular formula is C87H142NO8P. The Labute approximate surface area is 596 Å². The van der Waals surface area contributed by atoms with Gasteiger partial charge in [0.05, 0.1) is 13.2 Å². The third kappa shape index (κ3) is 79.7. The van der Waals surface area contributed by atoms with Crippen LogP contribution in [0.4, 0.5) is 0 Å². The number of hydrogen-bond donors (Lipinski definition) is 2. The Bertz CT molecular complexity index is 2300. The summed E-state index contributed by atoms with van der Waals surface area (Å²) in [5, 5.41) is 0. The molecule has 0 aromatic rings. The maximum Gasteiger partial charge on any atom is 0.472 e. The quantitative estimate of drug-likeness (QED) is 0.0264. The van der Waals surface area contributed by atoms with Gasteiger partial charge in [0.15, 0.2) is 6.10 Å². The van der Waals surface area contributed by atoms with E-state index in [1.165, 1.54) is 135 Å². The van der Waals surface area contributed by atoms with E-state index in [4.69, 9.17) is 24.3 Å². The SMILES string of the molecule is CC/C=C\C/C=C\C/C=C\C/C=C\C/C=C\C/C=C\C/C=C\C/C=C\C/C=C\CCCCCCCCCCCCCCCC(=O)OC(COC(=O)CCCCCCCCCCCCCCC/C=C\C/C=C\C/C=C\C/C=C\C/C=C\C/C=C\C/C=C\CC)COP(=O)(O)OCCN. The Kier molecular flexibility index (Phi) is 75.6. The summed E-state index contributed by atoms with van der Waals surface area (Å²) in [6, 6.07) is 0. The van der Waals surface area contributed by atoms with Gasteiger partial charge in [-0.1, -0.05) is 350 Å². The van der Waals surface area contributed by atoms with Crippen LogP contribution >= 0.6 is 7.82 Å². The third-order valence-electron chi connectivity index (χ3n) is 16.0. The molecule has 0 aliphatic heterocycles. The fourth-order valence-electron chi connectivity index (χ4n) is 10.3. The highest BCUT2D eigenvalue weighted by Crippen LogP contribution is 2.43. The Morgan fingerprint density at radius 3 is 0.794 bits per heavy atom. The van der Waals surface area contributed by atoms with Gasteiger partial charge >= 0.3 is 19.8 Å². The molecule has 0 saturated heterocycles. The predicted molar refractivity (Wildman–Crippen MR) is 422 cm³/mol. The van der Waals surface area contributed by atoms with Crippen molar-refractivity contribution in [3.05, 3.63) is 194 Å². The van der Waals surface area contributed by atoms with E-state index in [9.17, 15) is 19.0 Å². The topological polar surface area (TPSA) is 134 Å². The van der Waals surface area contributed by atoms with Crippen molar-refractivity contribution >= 4 is 19.8 Å². The summed E-state index contributed by atoms with van der Waals surface area (Å²) in [5.74, 6) is -0.834. The van der Waals surface area contributed by atoms with Crippen molar-refractivity contribution in [2.24, 2.45) is 5.73 Å². The minimum absolute atomic E-state index is 0.0456. The highest BCUT2D eigenvalue weighted by molar-refractivity contribution is 7.47. The zero-order chi connectivity index (χ0) is 70.0. The van der Waals surface area contributed by atoms with Crippen LogP contribution in [0.2, 0.25) is 0 Å². The van der Waals surface area contributed by atoms with Crippen LogP contribution in [0.3, 0.4) is 0 Å². The van der Waals surface area contributed by atoms with E-state index in [1.54, 1.807) is 0 Å². The van der Waals surface area contributed by atoms with Gasteiger partial charge in [-0.05, 0) is 141 Å². The van der Waals surface area contributed by atoms with Crippen molar-refractivity contribution in [2.45, 2.75) is 315 Å². The monoisotopic (exact) mass is 1360 g/mol. The molecule has 0 saturated carbocycles. The maximum absolute atomic E-state index is 12.8. The lowest BCUT2D eigenvalue weighted by atomic mass is 10.0. The third-order valence-corrected chi connectivity index (χ3v) is 17.0. The van der Waals surface area contributed by atoms with E-state index in [0.717, 1.165) is 141 Å². The van der Waals surface area contributed by atoms with Crippen LogP contribution in [-0.4, -0.2) is 49.3 Å². The number of carbonyl (C=O) groups is 2. The summed E-state index contributed by atoms with van der Waals surface area (Å²) in [4.78, 5) is 35.5. The van der Waals surface area contributed by atoms with Gasteiger partial charge in [0, 0.05) is 19.4 Å². The molecule has 0 fully saturated rings. The number of phosphoric acid groups is 1. The van der Waals surface area contributed by atoms with Crippen molar-refractivity contribution in [3.8, 4) is 0 Å². The highest BCUT2D eigenvalue weighted by atomic mass is 31.2. The Balaban J connectivity index is 3.91. The molecular weight excluding hydrogens is 1220 g/mol. The molecule has 9 nitrogen and oxygen atoms in total. The summed E-state index contributed by atoms with van der Waals surface area (Å²) in [7, 11) is -4.41. The lowest BCUT2D eigenvalue weighted by Gasteiger charge is -2.19. The molecule has 0 heterocycles. The molecule has 0 bridgehead atoms. The van der Waals surface area contributed by atoms with Crippen LogP contribution in [-0.2, 0) is 32.7 Å². The summed E-state index contributed by atoms with van der Waals surface area (Å²) in [6.45, 7) is 3.52. The Morgan fingerprint density at radius 2 is 0.536 bits per heavy atom. The van der Waals surface area contributed by atoms with E-state index < -0.39 is 26.5 Å². The number of rotatable bonds is 71. The lowest BCUT2D eigenvalue weighted by molar-refractivity contribution is -0.161. The summed E-state index contributed by atoms with van der Waals surface area (Å²) < 4.78 is 33.3. The molecule has 0 radical (unpaired) electrons. The van der Waals surface area contributed by atoms with E-state index >= 15 is 0 Å². The molecule has 2 unspecified atom stereocenters. The van der Waals surface area contributed by atoms with Gasteiger partial charge in [-0.3, -0.25) is 18.6 Å². The van der Waals surface area contributed by atoms with Gasteiger partial charge in [0.25, 0.3) is 0 Å². The standard InChI is InChI=1S/C87H142NO8P/c1-3-5-7-9-11-13-15-17-19-21-23-25-27-29-31-33-35-37-39-40-41-42-43-44-46-48-50-52-54-56-58-60-62-64-66-68-70-72-74-76-78-80-87(90)96-85(84-95-97(91,92)94-82-81-88)83-93-86(89)79-77-75-73-71-69-67-65-63-61-59-57-55-53-51-49-47-45-38-36-34-32-30-28-26-24-22-20-18-16-14-12-10-8-6-4-2/h5-8,11-14,17-20,23-26,29-32,35-38,40-41,43-44,47-50,85H,3-4,9-10,15-16,21-22,27-28,33-34,39,42,45-46,51-84,88H2,1-2H3,(H,91,92)/b7-5-,8-6-,13-11-,14-12-,19-17-,20-18-,25-23-,26-24-,31-29-,32-30-,37-35-,38-36-,41-40-,44-43-,49-47-,50-48-. The van der Waals surface area contributed by atoms with Gasteiger partial charge in [0.1, 0.15) is 6.61 Å². The van der Waals surface area contributed by atoms with Gasteiger partial charge in [-0.25, -0.2) is 4.57 Å². The molecule has 0 spiro atoms. The molecule has 0 aromatic heterocycles. The van der Waals surface area contributed by atoms with E-state index in [1.807, 2.05) is 0 Å². The van der Waals surface area contributed by atoms with Crippen LogP contribution in [0, 0.1) is 0 Å². The van der Waals surface area contributed by atoms with Gasteiger partial charge in [-0.2, -0.15) is 0 Å². The number of esters is 2. The maximum atomic E-state index is 12.8. The van der Waals surface area contributed by atoms with Crippen LogP contribution in [0.1, 0.15) is 309 Å². The van der Waals surface area contributed by atoms with Gasteiger partial charge in [0.2, 0.25) is 0 Å². The van der Waals surface area contributed by atoms with Crippen molar-refractivity contribution in [3.63, 3.8) is 0 Å². The summed E-state index contributed by atoms with van der Waals surface area (Å²) in [6.07, 6.45) is 121. The molecule has 2 atom stereocenters. The average Bonchev–Trinajstić information content (AvgIpc) is 2.57. The molecule has 548 valence electrons. The number of nitrogens with two attached hydrogens (primary N) is 1. The van der Waals surface area contributed by atoms with Crippen LogP contribution in [0.15, 0.2) is 194 Å². The fraction of sp³-hybridized carbons (Fsp3) is 0.609. The molecule has 0 aromatic carbocycles. The molecule has 0 rings (SSSR count). The van der Waals surface area contributed by atoms with E-state index in [0.29, 0.717) is 6.42 Å². The number of carbonyl (C=O) groups excluding carboxylic acids is 2. The lowest BCUT2D eigenvalue weighted by Crippen LogP contribution is -2.29. The second-order valence-electron chi connectivity index (χ2n) is 25.1. The first-order valence-electron chi connectivity index (χ1n) is 38.9. The minimum Gasteiger partial charge on any atom is -0.462 e. The van der Waals surface area contributed by atoms with E-state index in [2.05, 4.69) is 208 Å². The van der Waals surface area contributed by atoms with Crippen LogP contribution in [0.5, 0.6) is 0 Å². The molecule has 0 aliphatic carbocycles. The highest BCUT2D eigenvalue weighted by Gasteiger charge is 2.26. The number of unbranched alkanes of at least 4 members (excludes halogenated alkanes) is 26. The minimum atomic E-state index is -4.41. The summed E-state index contributed by atoms with van der Waals surface area (Å²) >= 11 is 0. The van der Waals surface area contributed by atoms with Crippen molar-refractivity contribution < 1.29 is 37.6 Å². The largest absolute Gasteiger partial charge is 0.472 e.